The highest BCUT2D eigenvalue weighted by atomic mass is 16.1. The first-order chi connectivity index (χ1) is 9.24. The molecule has 3 N–H and O–H groups in total. The summed E-state index contributed by atoms with van der Waals surface area (Å²) >= 11 is 0. The average molecular weight is 253 g/mol. The Kier molecular flexibility index (Phi) is 2.91. The second-order valence-corrected chi connectivity index (χ2v) is 4.76. The molecule has 1 aliphatic carbocycles. The minimum absolute atomic E-state index is 0.0725. The van der Waals surface area contributed by atoms with Crippen LogP contribution in [0.25, 0.3) is 0 Å². The smallest absolute Gasteiger partial charge is 0.253 e. The molecule has 4 heteroatoms. The lowest BCUT2D eigenvalue weighted by Gasteiger charge is -2.14. The van der Waals surface area contributed by atoms with Crippen LogP contribution >= 0.6 is 0 Å². The second kappa shape index (κ2) is 4.72. The summed E-state index contributed by atoms with van der Waals surface area (Å²) in [6.07, 6.45) is 5.11. The number of fused-ring (bicyclic) bond motifs is 1. The van der Waals surface area contributed by atoms with Crippen LogP contribution in [-0.4, -0.2) is 10.9 Å². The third kappa shape index (κ3) is 2.29. The number of nitrogens with two attached hydrogens (primary N) is 1. The molecule has 0 fully saturated rings. The Morgan fingerprint density at radius 1 is 1.37 bits per heavy atom. The zero-order valence-electron chi connectivity index (χ0n) is 10.5. The first-order valence-corrected chi connectivity index (χ1v) is 6.33. The number of carbonyl (C=O) groups is 1. The number of rotatable bonds is 2. The summed E-state index contributed by atoms with van der Waals surface area (Å²) in [6, 6.07) is 9.48. The van der Waals surface area contributed by atoms with Gasteiger partial charge in [-0.15, -0.1) is 0 Å². The predicted octanol–water partition coefficient (Wildman–Crippen LogP) is 2.08. The summed E-state index contributed by atoms with van der Waals surface area (Å²) < 4.78 is 0. The van der Waals surface area contributed by atoms with Gasteiger partial charge in [0.15, 0.2) is 0 Å². The maximum absolute atomic E-state index is 12.1. The third-order valence-corrected chi connectivity index (χ3v) is 3.47. The van der Waals surface area contributed by atoms with Gasteiger partial charge in [0, 0.05) is 18.1 Å². The van der Waals surface area contributed by atoms with Gasteiger partial charge in [0.05, 0.1) is 11.6 Å². The topological polar surface area (TPSA) is 68.0 Å². The highest BCUT2D eigenvalue weighted by Gasteiger charge is 2.24. The molecule has 2 aromatic rings. The minimum Gasteiger partial charge on any atom is -0.399 e. The van der Waals surface area contributed by atoms with E-state index in [2.05, 4.69) is 10.3 Å². The van der Waals surface area contributed by atoms with Crippen molar-refractivity contribution >= 4 is 11.6 Å². The molecule has 1 aliphatic rings. The summed E-state index contributed by atoms with van der Waals surface area (Å²) in [5.41, 5.74) is 9.54. The molecule has 1 aromatic heterocycles. The van der Waals surface area contributed by atoms with E-state index < -0.39 is 0 Å². The monoisotopic (exact) mass is 253 g/mol. The number of nitrogen functional groups attached to an aromatic ring is 1. The molecule has 1 unspecified atom stereocenters. The number of aromatic nitrogens is 1. The van der Waals surface area contributed by atoms with Crippen LogP contribution < -0.4 is 11.1 Å². The highest BCUT2D eigenvalue weighted by molar-refractivity contribution is 5.94. The van der Waals surface area contributed by atoms with Crippen molar-refractivity contribution < 1.29 is 4.79 Å². The quantitative estimate of drug-likeness (QED) is 0.805. The van der Waals surface area contributed by atoms with Gasteiger partial charge in [-0.1, -0.05) is 6.07 Å². The van der Waals surface area contributed by atoms with Crippen molar-refractivity contribution in [3.05, 3.63) is 59.4 Å². The fraction of sp³-hybridized carbons (Fsp3) is 0.200. The van der Waals surface area contributed by atoms with E-state index in [0.29, 0.717) is 5.56 Å². The lowest BCUT2D eigenvalue weighted by molar-refractivity contribution is 0.0936. The highest BCUT2D eigenvalue weighted by Crippen LogP contribution is 2.32. The van der Waals surface area contributed by atoms with Crippen LogP contribution in [0.2, 0.25) is 0 Å². The largest absolute Gasteiger partial charge is 0.399 e. The first-order valence-electron chi connectivity index (χ1n) is 6.33. The number of nitrogens with one attached hydrogen (secondary N) is 1. The van der Waals surface area contributed by atoms with Crippen molar-refractivity contribution in [2.24, 2.45) is 0 Å². The molecule has 19 heavy (non-hydrogen) atoms. The average Bonchev–Trinajstić information content (AvgIpc) is 2.82. The number of pyridine rings is 1. The number of anilines is 1. The number of nitrogens with zero attached hydrogens (tertiary/aromatic N) is 1. The Balaban J connectivity index is 1.78. The molecule has 1 heterocycles. The fourth-order valence-electron chi connectivity index (χ4n) is 2.53. The van der Waals surface area contributed by atoms with Crippen LogP contribution in [-0.2, 0) is 6.42 Å². The number of hydrogen-bond donors (Lipinski definition) is 2. The van der Waals surface area contributed by atoms with Gasteiger partial charge in [0.1, 0.15) is 0 Å². The standard InChI is InChI=1S/C15H15N3O/c16-12-4-5-13-10(8-12)3-6-14(13)18-15(19)11-2-1-7-17-9-11/h1-2,4-5,7-9,14H,3,6,16H2,(H,18,19). The lowest BCUT2D eigenvalue weighted by Crippen LogP contribution is -2.27. The van der Waals surface area contributed by atoms with E-state index in [1.165, 1.54) is 11.1 Å². The molecule has 3 rings (SSSR count). The van der Waals surface area contributed by atoms with E-state index in [9.17, 15) is 4.79 Å². The minimum atomic E-state index is -0.0808. The summed E-state index contributed by atoms with van der Waals surface area (Å²) in [5, 5.41) is 3.05. The van der Waals surface area contributed by atoms with Crippen molar-refractivity contribution in [2.45, 2.75) is 18.9 Å². The zero-order chi connectivity index (χ0) is 13.2. The van der Waals surface area contributed by atoms with Crippen LogP contribution in [0.5, 0.6) is 0 Å². The SMILES string of the molecule is Nc1ccc2c(c1)CCC2NC(=O)c1cccnc1. The number of benzene rings is 1. The number of hydrogen-bond acceptors (Lipinski definition) is 3. The molecular weight excluding hydrogens is 238 g/mol. The zero-order valence-corrected chi connectivity index (χ0v) is 10.5. The molecular formula is C15H15N3O. The molecule has 0 saturated carbocycles. The Hall–Kier alpha value is -2.36. The van der Waals surface area contributed by atoms with Crippen LogP contribution in [0.15, 0.2) is 42.7 Å². The molecule has 1 atom stereocenters. The van der Waals surface area contributed by atoms with E-state index in [4.69, 9.17) is 5.73 Å². The Morgan fingerprint density at radius 3 is 3.05 bits per heavy atom. The molecule has 4 nitrogen and oxygen atoms in total. The molecule has 0 bridgehead atoms. The van der Waals surface area contributed by atoms with Crippen molar-refractivity contribution in [3.63, 3.8) is 0 Å². The summed E-state index contributed by atoms with van der Waals surface area (Å²) in [7, 11) is 0. The lowest BCUT2D eigenvalue weighted by atomic mass is 10.1. The van der Waals surface area contributed by atoms with Crippen molar-refractivity contribution in [1.82, 2.24) is 10.3 Å². The molecule has 1 amide bonds. The van der Waals surface area contributed by atoms with Gasteiger partial charge in [0.2, 0.25) is 0 Å². The summed E-state index contributed by atoms with van der Waals surface area (Å²) in [6.45, 7) is 0. The van der Waals surface area contributed by atoms with Crippen molar-refractivity contribution in [3.8, 4) is 0 Å². The molecule has 1 aromatic carbocycles. The molecule has 0 saturated heterocycles. The Labute approximate surface area is 111 Å². The third-order valence-electron chi connectivity index (χ3n) is 3.47. The number of aryl methyl sites for hydroxylation is 1. The van der Waals surface area contributed by atoms with Crippen LogP contribution in [0.3, 0.4) is 0 Å². The van der Waals surface area contributed by atoms with Gasteiger partial charge < -0.3 is 11.1 Å². The van der Waals surface area contributed by atoms with Crippen LogP contribution in [0, 0.1) is 0 Å². The van der Waals surface area contributed by atoms with Gasteiger partial charge in [0.25, 0.3) is 5.91 Å². The molecule has 0 radical (unpaired) electrons. The number of amides is 1. The fourth-order valence-corrected chi connectivity index (χ4v) is 2.53. The Bertz CT molecular complexity index is 610. The van der Waals surface area contributed by atoms with Gasteiger partial charge in [-0.25, -0.2) is 0 Å². The molecule has 0 spiro atoms. The van der Waals surface area contributed by atoms with E-state index >= 15 is 0 Å². The summed E-state index contributed by atoms with van der Waals surface area (Å²) in [5.74, 6) is -0.0808. The summed E-state index contributed by atoms with van der Waals surface area (Å²) in [4.78, 5) is 16.1. The molecule has 96 valence electrons. The predicted molar refractivity (Wildman–Crippen MR) is 73.6 cm³/mol. The van der Waals surface area contributed by atoms with Crippen LogP contribution in [0.4, 0.5) is 5.69 Å². The van der Waals surface area contributed by atoms with Crippen LogP contribution in [0.1, 0.15) is 33.9 Å². The van der Waals surface area contributed by atoms with E-state index in [0.717, 1.165) is 18.5 Å². The van der Waals surface area contributed by atoms with E-state index in [-0.39, 0.29) is 11.9 Å². The van der Waals surface area contributed by atoms with Gasteiger partial charge in [-0.2, -0.15) is 0 Å². The first kappa shape index (κ1) is 11.7. The van der Waals surface area contributed by atoms with Crippen molar-refractivity contribution in [1.29, 1.82) is 0 Å². The van der Waals surface area contributed by atoms with E-state index in [1.54, 1.807) is 24.5 Å². The molecule has 0 aliphatic heterocycles. The van der Waals surface area contributed by atoms with Gasteiger partial charge in [-0.05, 0) is 48.2 Å². The maximum atomic E-state index is 12.1. The van der Waals surface area contributed by atoms with Gasteiger partial charge in [-0.3, -0.25) is 9.78 Å². The Morgan fingerprint density at radius 2 is 2.26 bits per heavy atom. The second-order valence-electron chi connectivity index (χ2n) is 4.76. The van der Waals surface area contributed by atoms with Gasteiger partial charge >= 0.3 is 0 Å². The van der Waals surface area contributed by atoms with E-state index in [1.807, 2.05) is 18.2 Å². The normalized spacial score (nSPS) is 16.9. The van der Waals surface area contributed by atoms with Crippen molar-refractivity contribution in [2.75, 3.05) is 5.73 Å². The number of carbonyl (C=O) groups excluding carboxylic acids is 1. The maximum Gasteiger partial charge on any atom is 0.253 e.